The number of nitrogens with one attached hydrogen (secondary N) is 3. The van der Waals surface area contributed by atoms with Crippen molar-refractivity contribution < 1.29 is 19.1 Å². The average molecular weight is 562 g/mol. The SMILES string of the molecule is CCC(=O)N1CCC[C@H](NC(=O)C2=C3NC(=O)N(c4ccc(Oc5ccccc5)cc4C)C4CCNC(S2)C34)C1. The second-order valence-electron chi connectivity index (χ2n) is 10.8. The number of urea groups is 1. The fourth-order valence-corrected chi connectivity index (χ4v) is 7.68. The number of anilines is 1. The molecule has 0 bridgehead atoms. The average Bonchev–Trinajstić information content (AvgIpc) is 3.33. The molecule has 2 aromatic rings. The Kier molecular flexibility index (Phi) is 7.46. The van der Waals surface area contributed by atoms with E-state index in [2.05, 4.69) is 16.0 Å². The van der Waals surface area contributed by atoms with Crippen LogP contribution in [0.15, 0.2) is 59.1 Å². The van der Waals surface area contributed by atoms with Crippen molar-refractivity contribution in [1.29, 1.82) is 0 Å². The van der Waals surface area contributed by atoms with Gasteiger partial charge in [0.05, 0.1) is 16.3 Å². The van der Waals surface area contributed by atoms with E-state index in [9.17, 15) is 14.4 Å². The minimum absolute atomic E-state index is 0.00289. The second-order valence-corrected chi connectivity index (χ2v) is 11.9. The van der Waals surface area contributed by atoms with Crippen molar-refractivity contribution in [3.8, 4) is 11.5 Å². The van der Waals surface area contributed by atoms with Crippen molar-refractivity contribution in [3.05, 3.63) is 64.7 Å². The van der Waals surface area contributed by atoms with E-state index in [1.54, 1.807) is 0 Å². The largest absolute Gasteiger partial charge is 0.457 e. The normalized spacial score (nSPS) is 25.8. The number of hydrogen-bond donors (Lipinski definition) is 3. The first kappa shape index (κ1) is 26.7. The van der Waals surface area contributed by atoms with Gasteiger partial charge in [0, 0.05) is 42.9 Å². The maximum absolute atomic E-state index is 13.6. The molecular formula is C30H35N5O4S. The van der Waals surface area contributed by atoms with Gasteiger partial charge >= 0.3 is 6.03 Å². The highest BCUT2D eigenvalue weighted by atomic mass is 32.2. The fourth-order valence-electron chi connectivity index (χ4n) is 6.28. The quantitative estimate of drug-likeness (QED) is 0.491. The van der Waals surface area contributed by atoms with Crippen LogP contribution < -0.4 is 25.6 Å². The van der Waals surface area contributed by atoms with Gasteiger partial charge in [-0.3, -0.25) is 14.5 Å². The molecule has 2 aromatic carbocycles. The Morgan fingerprint density at radius 3 is 2.73 bits per heavy atom. The highest BCUT2D eigenvalue weighted by Crippen LogP contribution is 2.48. The lowest BCUT2D eigenvalue weighted by atomic mass is 9.86. The summed E-state index contributed by atoms with van der Waals surface area (Å²) in [6, 6.07) is 15.0. The van der Waals surface area contributed by atoms with Crippen LogP contribution in [0.2, 0.25) is 0 Å². The molecule has 3 saturated heterocycles. The van der Waals surface area contributed by atoms with Gasteiger partial charge in [-0.1, -0.05) is 36.9 Å². The van der Waals surface area contributed by atoms with Crippen molar-refractivity contribution in [2.24, 2.45) is 5.92 Å². The molecule has 210 valence electrons. The Morgan fingerprint density at radius 2 is 1.95 bits per heavy atom. The molecule has 4 aliphatic rings. The van der Waals surface area contributed by atoms with E-state index in [4.69, 9.17) is 4.74 Å². The smallest absolute Gasteiger partial charge is 0.326 e. The summed E-state index contributed by atoms with van der Waals surface area (Å²) in [5.74, 6) is 1.39. The van der Waals surface area contributed by atoms with E-state index in [0.717, 1.165) is 49.4 Å². The molecule has 4 aliphatic heterocycles. The van der Waals surface area contributed by atoms with Gasteiger partial charge in [-0.25, -0.2) is 4.79 Å². The highest BCUT2D eigenvalue weighted by molar-refractivity contribution is 8.04. The summed E-state index contributed by atoms with van der Waals surface area (Å²) >= 11 is 1.50. The van der Waals surface area contributed by atoms with Crippen LogP contribution in [0, 0.1) is 12.8 Å². The van der Waals surface area contributed by atoms with Crippen LogP contribution in [0.1, 0.15) is 38.2 Å². The number of benzene rings is 2. The molecule has 3 unspecified atom stereocenters. The summed E-state index contributed by atoms with van der Waals surface area (Å²) in [5, 5.41) is 9.81. The van der Waals surface area contributed by atoms with E-state index in [0.29, 0.717) is 29.3 Å². The van der Waals surface area contributed by atoms with Gasteiger partial charge in [-0.2, -0.15) is 0 Å². The Balaban J connectivity index is 1.21. The Labute approximate surface area is 238 Å². The van der Waals surface area contributed by atoms with Crippen molar-refractivity contribution in [3.63, 3.8) is 0 Å². The number of rotatable bonds is 6. The van der Waals surface area contributed by atoms with Gasteiger partial charge in [0.1, 0.15) is 11.5 Å². The van der Waals surface area contributed by atoms with Crippen molar-refractivity contribution in [2.45, 2.75) is 57.0 Å². The number of ether oxygens (including phenoxy) is 1. The summed E-state index contributed by atoms with van der Waals surface area (Å²) in [4.78, 5) is 43.6. The van der Waals surface area contributed by atoms with E-state index in [1.165, 1.54) is 11.8 Å². The van der Waals surface area contributed by atoms with Gasteiger partial charge < -0.3 is 25.6 Å². The highest BCUT2D eigenvalue weighted by Gasteiger charge is 2.52. The lowest BCUT2D eigenvalue weighted by molar-refractivity contribution is -0.133. The predicted octanol–water partition coefficient (Wildman–Crippen LogP) is 4.10. The number of likely N-dealkylation sites (tertiary alicyclic amines) is 1. The van der Waals surface area contributed by atoms with E-state index in [1.807, 2.05) is 72.2 Å². The Bertz CT molecular complexity index is 1350. The molecular weight excluding hydrogens is 526 g/mol. The molecule has 0 spiro atoms. The zero-order valence-corrected chi connectivity index (χ0v) is 23.6. The molecule has 6 rings (SSSR count). The van der Waals surface area contributed by atoms with E-state index < -0.39 is 0 Å². The van der Waals surface area contributed by atoms with Crippen LogP contribution in [0.3, 0.4) is 0 Å². The summed E-state index contributed by atoms with van der Waals surface area (Å²) < 4.78 is 6.00. The fraction of sp³-hybridized carbons (Fsp3) is 0.433. The van der Waals surface area contributed by atoms with Crippen molar-refractivity contribution in [2.75, 3.05) is 24.5 Å². The third-order valence-corrected chi connectivity index (χ3v) is 9.52. The number of amides is 4. The van der Waals surface area contributed by atoms with Crippen LogP contribution in [0.4, 0.5) is 10.5 Å². The van der Waals surface area contributed by atoms with Crippen LogP contribution in [0.25, 0.3) is 0 Å². The Morgan fingerprint density at radius 1 is 1.12 bits per heavy atom. The molecule has 0 saturated carbocycles. The maximum atomic E-state index is 13.6. The number of carbonyl (C=O) groups is 3. The molecule has 3 fully saturated rings. The van der Waals surface area contributed by atoms with Crippen molar-refractivity contribution in [1.82, 2.24) is 20.9 Å². The number of aryl methyl sites for hydroxylation is 1. The minimum atomic E-state index is -0.220. The second kappa shape index (κ2) is 11.2. The molecule has 4 amide bonds. The molecule has 9 nitrogen and oxygen atoms in total. The maximum Gasteiger partial charge on any atom is 0.326 e. The zero-order chi connectivity index (χ0) is 27.8. The summed E-state index contributed by atoms with van der Waals surface area (Å²) in [6.07, 6.45) is 2.95. The van der Waals surface area contributed by atoms with Crippen LogP contribution in [0.5, 0.6) is 11.5 Å². The van der Waals surface area contributed by atoms with Gasteiger partial charge in [0.15, 0.2) is 0 Å². The standard InChI is InChI=1S/C30H35N5O4S/c1-3-24(36)34-15-7-8-19(17-34)32-28(37)27-26-25-23(13-14-31-29(25)40-27)35(30(38)33-26)22-12-11-21(16-18(22)2)39-20-9-5-4-6-10-20/h4-6,9-12,16,19,23,25,29,31H,3,7-8,13-15,17H2,1-2H3,(H,32,37)(H,33,38)/t19-,23?,25?,29?/m0/s1. The number of para-hydroxylation sites is 1. The summed E-state index contributed by atoms with van der Waals surface area (Å²) in [5.41, 5.74) is 2.50. The first-order valence-corrected chi connectivity index (χ1v) is 15.0. The number of carbonyl (C=O) groups excluding carboxylic acids is 3. The summed E-state index contributed by atoms with van der Waals surface area (Å²) in [6.45, 7) is 5.88. The number of hydrogen-bond acceptors (Lipinski definition) is 6. The third kappa shape index (κ3) is 5.06. The van der Waals surface area contributed by atoms with Crippen LogP contribution in [-0.2, 0) is 9.59 Å². The van der Waals surface area contributed by atoms with Gasteiger partial charge in [-0.05, 0) is 68.6 Å². The van der Waals surface area contributed by atoms with E-state index in [-0.39, 0.29) is 41.2 Å². The number of piperidine rings is 2. The molecule has 0 aromatic heterocycles. The molecule has 0 radical (unpaired) electrons. The predicted molar refractivity (Wildman–Crippen MR) is 155 cm³/mol. The van der Waals surface area contributed by atoms with Gasteiger partial charge in [0.25, 0.3) is 5.91 Å². The van der Waals surface area contributed by atoms with Gasteiger partial charge in [0.2, 0.25) is 5.91 Å². The molecule has 0 aliphatic carbocycles. The molecule has 4 atom stereocenters. The monoisotopic (exact) mass is 561 g/mol. The third-order valence-electron chi connectivity index (χ3n) is 8.17. The van der Waals surface area contributed by atoms with Crippen LogP contribution in [-0.4, -0.2) is 59.8 Å². The van der Waals surface area contributed by atoms with Crippen LogP contribution >= 0.6 is 11.8 Å². The molecule has 40 heavy (non-hydrogen) atoms. The van der Waals surface area contributed by atoms with Gasteiger partial charge in [-0.15, -0.1) is 0 Å². The number of thioether (sulfide) groups is 1. The lowest BCUT2D eigenvalue weighted by Crippen LogP contribution is -2.62. The van der Waals surface area contributed by atoms with Crippen molar-refractivity contribution >= 4 is 35.3 Å². The first-order chi connectivity index (χ1) is 19.4. The molecule has 10 heteroatoms. The first-order valence-electron chi connectivity index (χ1n) is 14.1. The summed E-state index contributed by atoms with van der Waals surface area (Å²) in [7, 11) is 0. The Hall–Kier alpha value is -3.50. The topological polar surface area (TPSA) is 103 Å². The molecule has 4 heterocycles. The lowest BCUT2D eigenvalue weighted by Gasteiger charge is -2.46. The number of nitrogens with zero attached hydrogens (tertiary/aromatic N) is 2. The molecule has 3 N–H and O–H groups in total. The van der Waals surface area contributed by atoms with E-state index >= 15 is 0 Å². The minimum Gasteiger partial charge on any atom is -0.457 e. The zero-order valence-electron chi connectivity index (χ0n) is 22.8.